The van der Waals surface area contributed by atoms with Crippen molar-refractivity contribution in [3.8, 4) is 5.75 Å². The van der Waals surface area contributed by atoms with Crippen LogP contribution >= 0.6 is 15.9 Å². The molecule has 1 aromatic rings. The Bertz CT molecular complexity index is 380. The largest absolute Gasteiger partial charge is 0.488 e. The van der Waals surface area contributed by atoms with Gasteiger partial charge in [-0.25, -0.2) is 4.98 Å². The fourth-order valence-electron chi connectivity index (χ4n) is 2.38. The van der Waals surface area contributed by atoms with Crippen molar-refractivity contribution in [1.29, 1.82) is 0 Å². The van der Waals surface area contributed by atoms with Crippen LogP contribution in [0.1, 0.15) is 45.2 Å². The van der Waals surface area contributed by atoms with E-state index in [0.717, 1.165) is 34.8 Å². The van der Waals surface area contributed by atoms with Crippen molar-refractivity contribution in [3.63, 3.8) is 0 Å². The number of pyridine rings is 1. The van der Waals surface area contributed by atoms with Gasteiger partial charge in [0, 0.05) is 5.69 Å². The first-order chi connectivity index (χ1) is 8.19. The normalized spacial score (nSPS) is 23.9. The van der Waals surface area contributed by atoms with Gasteiger partial charge in [-0.1, -0.05) is 20.3 Å². The molecule has 1 fully saturated rings. The summed E-state index contributed by atoms with van der Waals surface area (Å²) in [7, 11) is 0. The van der Waals surface area contributed by atoms with Gasteiger partial charge in [0.15, 0.2) is 5.75 Å². The highest BCUT2D eigenvalue weighted by molar-refractivity contribution is 9.10. The molecule has 1 aromatic heterocycles. The molecule has 3 heteroatoms. The molecule has 0 saturated heterocycles. The van der Waals surface area contributed by atoms with Crippen LogP contribution in [-0.2, 0) is 6.42 Å². The van der Waals surface area contributed by atoms with Crippen LogP contribution < -0.4 is 4.74 Å². The molecular weight excluding hydrogens is 278 g/mol. The predicted molar refractivity (Wildman–Crippen MR) is 73.4 cm³/mol. The Morgan fingerprint density at radius 1 is 1.41 bits per heavy atom. The summed E-state index contributed by atoms with van der Waals surface area (Å²) in [6.07, 6.45) is 6.15. The van der Waals surface area contributed by atoms with Crippen molar-refractivity contribution in [1.82, 2.24) is 4.98 Å². The number of rotatable bonds is 4. The summed E-state index contributed by atoms with van der Waals surface area (Å²) in [6.45, 7) is 4.46. The number of aromatic nitrogens is 1. The summed E-state index contributed by atoms with van der Waals surface area (Å²) >= 11 is 3.50. The highest BCUT2D eigenvalue weighted by Gasteiger charge is 2.23. The molecule has 0 amide bonds. The fraction of sp³-hybridized carbons (Fsp3) is 0.643. The molecule has 0 aliphatic heterocycles. The van der Waals surface area contributed by atoms with Gasteiger partial charge in [0.2, 0.25) is 0 Å². The molecule has 2 rings (SSSR count). The number of hydrogen-bond donors (Lipinski definition) is 0. The minimum atomic E-state index is 0.375. The molecule has 0 radical (unpaired) electrons. The topological polar surface area (TPSA) is 22.1 Å². The number of nitrogens with zero attached hydrogens (tertiary/aromatic N) is 1. The molecule has 0 spiro atoms. The van der Waals surface area contributed by atoms with Crippen LogP contribution in [-0.4, -0.2) is 11.1 Å². The maximum atomic E-state index is 6.00. The summed E-state index contributed by atoms with van der Waals surface area (Å²) in [5.74, 6) is 1.69. The number of aryl methyl sites for hydroxylation is 1. The number of ether oxygens (including phenoxy) is 1. The zero-order valence-electron chi connectivity index (χ0n) is 10.6. The molecule has 1 aliphatic rings. The quantitative estimate of drug-likeness (QED) is 0.770. The summed E-state index contributed by atoms with van der Waals surface area (Å²) in [5, 5.41) is 0. The van der Waals surface area contributed by atoms with Crippen LogP contribution in [0.25, 0.3) is 0 Å². The summed E-state index contributed by atoms with van der Waals surface area (Å²) < 4.78 is 6.85. The molecule has 0 aromatic carbocycles. The van der Waals surface area contributed by atoms with E-state index in [9.17, 15) is 0 Å². The number of halogens is 1. The maximum Gasteiger partial charge on any atom is 0.152 e. The van der Waals surface area contributed by atoms with Gasteiger partial charge in [0.25, 0.3) is 0 Å². The Hall–Kier alpha value is -0.570. The first kappa shape index (κ1) is 12.9. The van der Waals surface area contributed by atoms with E-state index in [0.29, 0.717) is 6.10 Å². The van der Waals surface area contributed by atoms with Crippen LogP contribution in [0.3, 0.4) is 0 Å². The lowest BCUT2D eigenvalue weighted by Crippen LogP contribution is -2.12. The van der Waals surface area contributed by atoms with Crippen molar-refractivity contribution in [2.45, 2.75) is 52.1 Å². The monoisotopic (exact) mass is 297 g/mol. The minimum absolute atomic E-state index is 0.375. The van der Waals surface area contributed by atoms with Crippen molar-refractivity contribution in [2.24, 2.45) is 5.92 Å². The highest BCUT2D eigenvalue weighted by atomic mass is 79.9. The third-order valence-electron chi connectivity index (χ3n) is 3.32. The van der Waals surface area contributed by atoms with E-state index in [1.54, 1.807) is 0 Å². The molecule has 1 heterocycles. The smallest absolute Gasteiger partial charge is 0.152 e. The summed E-state index contributed by atoms with van der Waals surface area (Å²) in [4.78, 5) is 4.52. The van der Waals surface area contributed by atoms with Gasteiger partial charge in [-0.3, -0.25) is 0 Å². The summed E-state index contributed by atoms with van der Waals surface area (Å²) in [5.41, 5.74) is 1.13. The highest BCUT2D eigenvalue weighted by Crippen LogP contribution is 2.31. The van der Waals surface area contributed by atoms with Gasteiger partial charge in [-0.2, -0.15) is 0 Å². The molecule has 94 valence electrons. The van der Waals surface area contributed by atoms with Gasteiger partial charge in [-0.15, -0.1) is 0 Å². The molecule has 0 bridgehead atoms. The average molecular weight is 298 g/mol. The Kier molecular flexibility index (Phi) is 4.43. The standard InChI is InChI=1S/C14H20BrNO/c1-3-4-11-6-8-13(14(15)16-11)17-12-7-5-10(2)9-12/h6,8,10,12H,3-5,7,9H2,1-2H3/t10-,12+/m0/s1. The molecule has 1 saturated carbocycles. The Morgan fingerprint density at radius 2 is 2.24 bits per heavy atom. The first-order valence-electron chi connectivity index (χ1n) is 6.51. The molecule has 17 heavy (non-hydrogen) atoms. The van der Waals surface area contributed by atoms with Gasteiger partial charge in [0.05, 0.1) is 6.10 Å². The van der Waals surface area contributed by atoms with Crippen molar-refractivity contribution >= 4 is 15.9 Å². The fourth-order valence-corrected chi connectivity index (χ4v) is 2.84. The van der Waals surface area contributed by atoms with Crippen LogP contribution in [0.4, 0.5) is 0 Å². The van der Waals surface area contributed by atoms with Crippen LogP contribution in [0.15, 0.2) is 16.7 Å². The summed E-state index contributed by atoms with van der Waals surface area (Å²) in [6, 6.07) is 4.12. The molecule has 2 atom stereocenters. The van der Waals surface area contributed by atoms with E-state index in [2.05, 4.69) is 40.8 Å². The lowest BCUT2D eigenvalue weighted by molar-refractivity contribution is 0.203. The Morgan fingerprint density at radius 3 is 2.82 bits per heavy atom. The average Bonchev–Trinajstić information content (AvgIpc) is 2.69. The molecule has 2 nitrogen and oxygen atoms in total. The van der Waals surface area contributed by atoms with E-state index in [1.165, 1.54) is 19.3 Å². The van der Waals surface area contributed by atoms with Gasteiger partial charge < -0.3 is 4.74 Å². The lowest BCUT2D eigenvalue weighted by atomic mass is 10.1. The first-order valence-corrected chi connectivity index (χ1v) is 7.30. The SMILES string of the molecule is CCCc1ccc(O[C@@H]2CC[C@H](C)C2)c(Br)n1. The van der Waals surface area contributed by atoms with Crippen molar-refractivity contribution in [2.75, 3.05) is 0 Å². The van der Waals surface area contributed by atoms with Gasteiger partial charge >= 0.3 is 0 Å². The van der Waals surface area contributed by atoms with Gasteiger partial charge in [-0.05, 0) is 59.7 Å². The minimum Gasteiger partial charge on any atom is -0.488 e. The second kappa shape index (κ2) is 5.85. The third-order valence-corrected chi connectivity index (χ3v) is 3.89. The Balaban J connectivity index is 2.01. The van der Waals surface area contributed by atoms with Crippen molar-refractivity contribution in [3.05, 3.63) is 22.4 Å². The molecule has 0 N–H and O–H groups in total. The molecular formula is C14H20BrNO. The van der Waals surface area contributed by atoms with Crippen LogP contribution in [0.5, 0.6) is 5.75 Å². The van der Waals surface area contributed by atoms with Crippen molar-refractivity contribution < 1.29 is 4.74 Å². The molecule has 0 unspecified atom stereocenters. The molecule has 1 aliphatic carbocycles. The van der Waals surface area contributed by atoms with E-state index >= 15 is 0 Å². The zero-order chi connectivity index (χ0) is 12.3. The van der Waals surface area contributed by atoms with E-state index < -0.39 is 0 Å². The van der Waals surface area contributed by atoms with E-state index in [-0.39, 0.29) is 0 Å². The second-order valence-corrected chi connectivity index (χ2v) is 5.75. The Labute approximate surface area is 112 Å². The predicted octanol–water partition coefficient (Wildman–Crippen LogP) is 4.36. The third kappa shape index (κ3) is 3.44. The lowest BCUT2D eigenvalue weighted by Gasteiger charge is -2.14. The van der Waals surface area contributed by atoms with E-state index in [4.69, 9.17) is 4.74 Å². The van der Waals surface area contributed by atoms with Gasteiger partial charge in [0.1, 0.15) is 4.60 Å². The van der Waals surface area contributed by atoms with Crippen LogP contribution in [0.2, 0.25) is 0 Å². The zero-order valence-corrected chi connectivity index (χ0v) is 12.2. The van der Waals surface area contributed by atoms with Crippen LogP contribution in [0, 0.1) is 5.92 Å². The number of hydrogen-bond acceptors (Lipinski definition) is 2. The second-order valence-electron chi connectivity index (χ2n) is 5.00. The maximum absolute atomic E-state index is 6.00. The van der Waals surface area contributed by atoms with E-state index in [1.807, 2.05) is 6.07 Å².